The van der Waals surface area contributed by atoms with E-state index >= 15 is 0 Å². The number of benzene rings is 1. The first-order valence-corrected chi connectivity index (χ1v) is 11.9. The third kappa shape index (κ3) is 5.98. The summed E-state index contributed by atoms with van der Waals surface area (Å²) in [4.78, 5) is 0.0283. The Morgan fingerprint density at radius 1 is 1.13 bits per heavy atom. The Labute approximate surface area is 140 Å². The zero-order valence-electron chi connectivity index (χ0n) is 14.7. The topological polar surface area (TPSA) is 52.6 Å². The maximum atomic E-state index is 13.9. The minimum absolute atomic E-state index is 0.0262. The predicted molar refractivity (Wildman–Crippen MR) is 92.4 cm³/mol. The standard InChI is InChI=1S/C16H27FO4SSi/c1-13-7-9-15(10-8-13)22(18,19)20-11-14(17)12-21-23(5,6)16(2,3)4/h7-10,14H,11-12H2,1-6H3/t14-/m1/s1. The molecule has 0 fully saturated rings. The molecule has 0 aliphatic rings. The molecule has 0 saturated heterocycles. The summed E-state index contributed by atoms with van der Waals surface area (Å²) in [5.74, 6) is 0. The summed E-state index contributed by atoms with van der Waals surface area (Å²) in [5, 5.41) is -0.0262. The van der Waals surface area contributed by atoms with Gasteiger partial charge in [0.2, 0.25) is 0 Å². The lowest BCUT2D eigenvalue weighted by Crippen LogP contribution is -2.42. The number of hydrogen-bond acceptors (Lipinski definition) is 4. The molecule has 0 aromatic heterocycles. The lowest BCUT2D eigenvalue weighted by Gasteiger charge is -2.36. The average Bonchev–Trinajstić information content (AvgIpc) is 2.42. The largest absolute Gasteiger partial charge is 0.414 e. The van der Waals surface area contributed by atoms with Crippen molar-refractivity contribution in [2.24, 2.45) is 0 Å². The van der Waals surface area contributed by atoms with Crippen LogP contribution in [-0.2, 0) is 18.7 Å². The van der Waals surface area contributed by atoms with Crippen LogP contribution < -0.4 is 0 Å². The van der Waals surface area contributed by atoms with Crippen LogP contribution in [0, 0.1) is 6.92 Å². The van der Waals surface area contributed by atoms with Gasteiger partial charge in [0.1, 0.15) is 12.8 Å². The summed E-state index contributed by atoms with van der Waals surface area (Å²) in [5.41, 5.74) is 0.940. The SMILES string of the molecule is Cc1ccc(S(=O)(=O)OC[C@@H](F)CO[Si](C)(C)C(C)(C)C)cc1. The molecule has 1 atom stereocenters. The summed E-state index contributed by atoms with van der Waals surface area (Å²) in [6, 6.07) is 6.24. The van der Waals surface area contributed by atoms with Crippen molar-refractivity contribution in [3.05, 3.63) is 29.8 Å². The molecule has 23 heavy (non-hydrogen) atoms. The number of rotatable bonds is 7. The lowest BCUT2D eigenvalue weighted by atomic mass is 10.2. The van der Waals surface area contributed by atoms with Crippen LogP contribution in [-0.4, -0.2) is 36.1 Å². The van der Waals surface area contributed by atoms with Crippen molar-refractivity contribution in [1.82, 2.24) is 0 Å². The molecule has 7 heteroatoms. The highest BCUT2D eigenvalue weighted by Crippen LogP contribution is 2.36. The average molecular weight is 363 g/mol. The molecule has 0 amide bonds. The minimum Gasteiger partial charge on any atom is -0.414 e. The maximum Gasteiger partial charge on any atom is 0.297 e. The van der Waals surface area contributed by atoms with Crippen LogP contribution in [0.4, 0.5) is 4.39 Å². The molecule has 0 radical (unpaired) electrons. The summed E-state index contributed by atoms with van der Waals surface area (Å²) in [6.07, 6.45) is -1.48. The first kappa shape index (κ1) is 20.3. The van der Waals surface area contributed by atoms with Gasteiger partial charge >= 0.3 is 0 Å². The molecule has 0 saturated carbocycles. The van der Waals surface area contributed by atoms with Gasteiger partial charge in [0.15, 0.2) is 8.32 Å². The molecule has 4 nitrogen and oxygen atoms in total. The summed E-state index contributed by atoms with van der Waals surface area (Å²) in [7, 11) is -6.00. The number of hydrogen-bond donors (Lipinski definition) is 0. The number of halogens is 1. The van der Waals surface area contributed by atoms with Crippen LogP contribution in [0.1, 0.15) is 26.3 Å². The van der Waals surface area contributed by atoms with Crippen LogP contribution in [0.2, 0.25) is 18.1 Å². The molecule has 1 rings (SSSR count). The van der Waals surface area contributed by atoms with E-state index in [-0.39, 0.29) is 16.5 Å². The van der Waals surface area contributed by atoms with Crippen LogP contribution in [0.25, 0.3) is 0 Å². The Balaban J connectivity index is 2.56. The molecule has 0 heterocycles. The molecule has 132 valence electrons. The molecule has 0 bridgehead atoms. The van der Waals surface area contributed by atoms with E-state index in [0.717, 1.165) is 5.56 Å². The van der Waals surface area contributed by atoms with Crippen LogP contribution in [0.15, 0.2) is 29.2 Å². The molecule has 0 N–H and O–H groups in total. The second-order valence-electron chi connectivity index (χ2n) is 7.22. The van der Waals surface area contributed by atoms with Crippen LogP contribution in [0.5, 0.6) is 0 Å². The van der Waals surface area contributed by atoms with Gasteiger partial charge in [-0.3, -0.25) is 4.18 Å². The summed E-state index contributed by atoms with van der Waals surface area (Å²) in [6.45, 7) is 11.4. The van der Waals surface area contributed by atoms with Crippen molar-refractivity contribution < 1.29 is 21.4 Å². The van der Waals surface area contributed by atoms with Crippen molar-refractivity contribution in [1.29, 1.82) is 0 Å². The second kappa shape index (κ2) is 7.42. The van der Waals surface area contributed by atoms with Gasteiger partial charge in [-0.15, -0.1) is 0 Å². The lowest BCUT2D eigenvalue weighted by molar-refractivity contribution is 0.130. The quantitative estimate of drug-likeness (QED) is 0.542. The maximum absolute atomic E-state index is 13.9. The predicted octanol–water partition coefficient (Wildman–Crippen LogP) is 4.06. The number of alkyl halides is 1. The Morgan fingerprint density at radius 2 is 1.65 bits per heavy atom. The van der Waals surface area contributed by atoms with Crippen molar-refractivity contribution in [2.75, 3.05) is 13.2 Å². The molecule has 0 spiro atoms. The molecule has 1 aromatic rings. The highest BCUT2D eigenvalue weighted by molar-refractivity contribution is 7.86. The Morgan fingerprint density at radius 3 is 2.13 bits per heavy atom. The van der Waals surface area contributed by atoms with Crippen molar-refractivity contribution >= 4 is 18.4 Å². The van der Waals surface area contributed by atoms with Gasteiger partial charge in [0.25, 0.3) is 10.1 Å². The van der Waals surface area contributed by atoms with E-state index in [1.807, 2.05) is 20.0 Å². The van der Waals surface area contributed by atoms with Crippen LogP contribution in [0.3, 0.4) is 0 Å². The van der Waals surface area contributed by atoms with E-state index in [0.29, 0.717) is 0 Å². The fourth-order valence-corrected chi connectivity index (χ4v) is 3.46. The normalized spacial score (nSPS) is 14.7. The third-order valence-corrected chi connectivity index (χ3v) is 9.94. The fourth-order valence-electron chi connectivity index (χ4n) is 1.50. The van der Waals surface area contributed by atoms with E-state index in [1.54, 1.807) is 12.1 Å². The molecular formula is C16H27FO4SSi. The van der Waals surface area contributed by atoms with Crippen molar-refractivity contribution in [3.63, 3.8) is 0 Å². The molecule has 0 aliphatic heterocycles. The Hall–Kier alpha value is -0.763. The smallest absolute Gasteiger partial charge is 0.297 e. The minimum atomic E-state index is -3.94. The first-order valence-electron chi connectivity index (χ1n) is 7.59. The van der Waals surface area contributed by atoms with Gasteiger partial charge in [-0.2, -0.15) is 8.42 Å². The zero-order chi connectivity index (χ0) is 17.9. The molecular weight excluding hydrogens is 335 g/mol. The Kier molecular flexibility index (Phi) is 6.54. The van der Waals surface area contributed by atoms with Crippen molar-refractivity contribution in [3.8, 4) is 0 Å². The van der Waals surface area contributed by atoms with E-state index in [2.05, 4.69) is 20.8 Å². The van der Waals surface area contributed by atoms with Gasteiger partial charge in [0, 0.05) is 0 Å². The third-order valence-electron chi connectivity index (χ3n) is 4.14. The fraction of sp³-hybridized carbons (Fsp3) is 0.625. The highest BCUT2D eigenvalue weighted by atomic mass is 32.2. The van der Waals surface area contributed by atoms with Gasteiger partial charge < -0.3 is 4.43 Å². The van der Waals surface area contributed by atoms with E-state index in [9.17, 15) is 12.8 Å². The van der Waals surface area contributed by atoms with E-state index in [1.165, 1.54) is 12.1 Å². The second-order valence-corrected chi connectivity index (χ2v) is 13.6. The highest BCUT2D eigenvalue weighted by Gasteiger charge is 2.37. The summed E-state index contributed by atoms with van der Waals surface area (Å²) < 4.78 is 48.4. The van der Waals surface area contributed by atoms with E-state index < -0.39 is 31.2 Å². The van der Waals surface area contributed by atoms with Crippen molar-refractivity contribution in [2.45, 2.75) is 56.9 Å². The van der Waals surface area contributed by atoms with Gasteiger partial charge in [-0.1, -0.05) is 38.5 Å². The summed E-state index contributed by atoms with van der Waals surface area (Å²) >= 11 is 0. The van der Waals surface area contributed by atoms with E-state index in [4.69, 9.17) is 8.61 Å². The first-order chi connectivity index (χ1) is 10.3. The molecule has 0 unspecified atom stereocenters. The van der Waals surface area contributed by atoms with Gasteiger partial charge in [0.05, 0.1) is 11.5 Å². The van der Waals surface area contributed by atoms with Crippen LogP contribution >= 0.6 is 0 Å². The number of aryl methyl sites for hydroxylation is 1. The molecule has 0 aliphatic carbocycles. The van der Waals surface area contributed by atoms with Gasteiger partial charge in [-0.05, 0) is 37.2 Å². The Bertz CT molecular complexity index is 606. The molecule has 1 aromatic carbocycles. The zero-order valence-corrected chi connectivity index (χ0v) is 16.5. The monoisotopic (exact) mass is 362 g/mol. The van der Waals surface area contributed by atoms with Gasteiger partial charge in [-0.25, -0.2) is 4.39 Å².